The summed E-state index contributed by atoms with van der Waals surface area (Å²) in [6, 6.07) is 9.08. The van der Waals surface area contributed by atoms with Crippen LogP contribution in [-0.4, -0.2) is 142 Å². The number of carbonyl (C=O) groups is 9. The van der Waals surface area contributed by atoms with E-state index in [1.165, 1.54) is 21.6 Å². The molecular formula is C50H61N9O11S4. The van der Waals surface area contributed by atoms with Crippen LogP contribution in [0.4, 0.5) is 0 Å². The molecule has 0 unspecified atom stereocenters. The third-order valence-corrected chi connectivity index (χ3v) is 17.3. The first-order valence-corrected chi connectivity index (χ1v) is 29.4. The lowest BCUT2D eigenvalue weighted by Crippen LogP contribution is -2.59. The van der Waals surface area contributed by atoms with E-state index in [0.29, 0.717) is 43.6 Å². The molecule has 2 spiro atoms. The minimum Gasteiger partial charge on any atom is -0.489 e. The maximum Gasteiger partial charge on any atom is 0.326 e. The molecule has 8 rings (SSSR count). The van der Waals surface area contributed by atoms with Crippen molar-refractivity contribution in [3.63, 3.8) is 0 Å². The molecule has 24 heteroatoms. The molecule has 6 aliphatic rings. The summed E-state index contributed by atoms with van der Waals surface area (Å²) in [6.45, 7) is 3.56. The van der Waals surface area contributed by atoms with E-state index in [-0.39, 0.29) is 56.3 Å². The summed E-state index contributed by atoms with van der Waals surface area (Å²) in [5, 5.41) is 22.1. The molecule has 8 amide bonds. The van der Waals surface area contributed by atoms with Gasteiger partial charge in [-0.2, -0.15) is 0 Å². The minimum atomic E-state index is -1.11. The summed E-state index contributed by atoms with van der Waals surface area (Å²) in [6.07, 6.45) is 12.5. The molecule has 4 bridgehead atoms. The molecule has 2 saturated carbocycles. The number of amides is 8. The Balaban J connectivity index is 0.000000216. The molecule has 0 radical (unpaired) electrons. The van der Waals surface area contributed by atoms with Crippen LogP contribution in [0, 0.1) is 0 Å². The van der Waals surface area contributed by atoms with Crippen molar-refractivity contribution in [3.05, 3.63) is 103 Å². The zero-order valence-electron chi connectivity index (χ0n) is 40.6. The number of aromatic nitrogens is 1. The highest BCUT2D eigenvalue weighted by Gasteiger charge is 2.53. The summed E-state index contributed by atoms with van der Waals surface area (Å²) in [7, 11) is 6.05. The lowest BCUT2D eigenvalue weighted by Gasteiger charge is -2.26. The number of rotatable bonds is 4. The number of nitrogens with zero attached hydrogens (tertiary/aromatic N) is 1. The Morgan fingerprint density at radius 3 is 1.54 bits per heavy atom. The van der Waals surface area contributed by atoms with Gasteiger partial charge in [0.05, 0.1) is 19.4 Å². The Hall–Kier alpha value is -5.98. The summed E-state index contributed by atoms with van der Waals surface area (Å²) in [4.78, 5) is 122. The van der Waals surface area contributed by atoms with Crippen molar-refractivity contribution < 1.29 is 52.6 Å². The molecule has 2 aromatic rings. The van der Waals surface area contributed by atoms with Crippen LogP contribution in [-0.2, 0) is 65.5 Å². The van der Waals surface area contributed by atoms with E-state index in [4.69, 9.17) is 9.47 Å². The predicted molar refractivity (Wildman–Crippen MR) is 283 cm³/mol. The number of fused-ring (bicyclic) bond motifs is 14. The number of hydrogen-bond acceptors (Lipinski definition) is 16. The van der Waals surface area contributed by atoms with Crippen molar-refractivity contribution in [2.45, 2.75) is 112 Å². The monoisotopic (exact) mass is 1090 g/mol. The molecule has 20 nitrogen and oxygen atoms in total. The molecule has 6 atom stereocenters. The second kappa shape index (κ2) is 27.0. The van der Waals surface area contributed by atoms with E-state index in [9.17, 15) is 43.2 Å². The average molecular weight is 1090 g/mol. The SMILES string of the molecule is C=C1CNC(=O)C2(CC2)NC(=O)[C@H]2CSSCC/C=C/[C@H](CC(=O)N[C@H](Cc3ccncc3)C(=O)N2)O1.O=C1C[C@H]2/C=C/CCSSC[C@@H](NC(=O)[C@@H](Cc3ccccc3)N1)C(=O)NC1(CC1)C(=O)NCC(=O)O2. The normalized spacial score (nSPS) is 28.1. The maximum atomic E-state index is 13.4. The van der Waals surface area contributed by atoms with E-state index in [1.54, 1.807) is 52.2 Å². The van der Waals surface area contributed by atoms with Gasteiger partial charge in [-0.15, -0.1) is 0 Å². The van der Waals surface area contributed by atoms with Crippen LogP contribution in [0.2, 0.25) is 0 Å². The zero-order chi connectivity index (χ0) is 52.5. The van der Waals surface area contributed by atoms with Crippen molar-refractivity contribution in [2.24, 2.45) is 0 Å². The van der Waals surface area contributed by atoms with Gasteiger partial charge in [0.25, 0.3) is 0 Å². The van der Waals surface area contributed by atoms with Crippen molar-refractivity contribution in [2.75, 3.05) is 36.1 Å². The van der Waals surface area contributed by atoms with Crippen molar-refractivity contribution >= 4 is 96.4 Å². The number of carbonyl (C=O) groups excluding carboxylic acids is 9. The number of pyridine rings is 1. The van der Waals surface area contributed by atoms with Crippen LogP contribution in [0.25, 0.3) is 0 Å². The number of allylic oxidation sites excluding steroid dienone is 2. The van der Waals surface area contributed by atoms with Crippen LogP contribution < -0.4 is 42.5 Å². The van der Waals surface area contributed by atoms with Gasteiger partial charge in [-0.05, 0) is 73.9 Å². The molecule has 2 saturated heterocycles. The lowest BCUT2D eigenvalue weighted by molar-refractivity contribution is -0.148. The fourth-order valence-corrected chi connectivity index (χ4v) is 12.3. The van der Waals surface area contributed by atoms with Gasteiger partial charge in [0.1, 0.15) is 59.8 Å². The third-order valence-electron chi connectivity index (χ3n) is 12.4. The zero-order valence-corrected chi connectivity index (χ0v) is 43.8. The number of esters is 1. The molecule has 1 aromatic carbocycles. The lowest BCUT2D eigenvalue weighted by atomic mass is 10.0. The van der Waals surface area contributed by atoms with Crippen molar-refractivity contribution in [3.8, 4) is 0 Å². The fraction of sp³-hybridized carbons (Fsp3) is 0.480. The van der Waals surface area contributed by atoms with Gasteiger partial charge in [-0.3, -0.25) is 48.1 Å². The Bertz CT molecular complexity index is 2290. The summed E-state index contributed by atoms with van der Waals surface area (Å²) in [5.74, 6) is -1.91. The van der Waals surface area contributed by atoms with Crippen LogP contribution in [0.3, 0.4) is 0 Å². The van der Waals surface area contributed by atoms with Gasteiger partial charge in [-0.1, -0.05) is 92.2 Å². The Labute approximate surface area is 444 Å². The third kappa shape index (κ3) is 17.0. The van der Waals surface area contributed by atoms with Crippen LogP contribution >= 0.6 is 43.2 Å². The first kappa shape index (κ1) is 55.8. The molecule has 4 fully saturated rings. The van der Waals surface area contributed by atoms with Crippen LogP contribution in [0.5, 0.6) is 0 Å². The van der Waals surface area contributed by atoms with Gasteiger partial charge in [-0.25, -0.2) is 0 Å². The van der Waals surface area contributed by atoms with E-state index < -0.39 is 88.9 Å². The van der Waals surface area contributed by atoms with E-state index in [1.807, 2.05) is 48.6 Å². The minimum absolute atomic E-state index is 0.0423. The van der Waals surface area contributed by atoms with Crippen LogP contribution in [0.1, 0.15) is 62.5 Å². The Kier molecular flexibility index (Phi) is 20.3. The molecular weight excluding hydrogens is 1030 g/mol. The Morgan fingerprint density at radius 1 is 0.568 bits per heavy atom. The largest absolute Gasteiger partial charge is 0.489 e. The van der Waals surface area contributed by atoms with E-state index in [2.05, 4.69) is 54.1 Å². The van der Waals surface area contributed by atoms with Crippen LogP contribution in [0.15, 0.2) is 91.5 Å². The van der Waals surface area contributed by atoms with Gasteiger partial charge < -0.3 is 52.0 Å². The Morgan fingerprint density at radius 2 is 1.04 bits per heavy atom. The number of ether oxygens (including phenoxy) is 2. The van der Waals surface area contributed by atoms with Crippen molar-refractivity contribution in [1.82, 2.24) is 47.5 Å². The first-order valence-electron chi connectivity index (χ1n) is 24.4. The second-order valence-electron chi connectivity index (χ2n) is 18.4. The topological polar surface area (TPSA) is 281 Å². The number of benzene rings is 1. The summed E-state index contributed by atoms with van der Waals surface area (Å²) >= 11 is 0. The maximum absolute atomic E-state index is 13.4. The first-order chi connectivity index (χ1) is 35.7. The summed E-state index contributed by atoms with van der Waals surface area (Å²) in [5.41, 5.74) is -0.478. The molecule has 1 aromatic heterocycles. The smallest absolute Gasteiger partial charge is 0.326 e. The number of nitrogens with one attached hydrogen (secondary N) is 8. The molecule has 4 aliphatic heterocycles. The van der Waals surface area contributed by atoms with Gasteiger partial charge in [0.15, 0.2) is 0 Å². The highest BCUT2D eigenvalue weighted by atomic mass is 33.1. The second-order valence-corrected chi connectivity index (χ2v) is 23.7. The average Bonchev–Trinajstić information content (AvgIpc) is 4.32. The highest BCUT2D eigenvalue weighted by Crippen LogP contribution is 2.37. The summed E-state index contributed by atoms with van der Waals surface area (Å²) < 4.78 is 11.4. The van der Waals surface area contributed by atoms with Gasteiger partial charge >= 0.3 is 5.97 Å². The van der Waals surface area contributed by atoms with Gasteiger partial charge in [0, 0.05) is 48.2 Å². The number of hydrogen-bond donors (Lipinski definition) is 8. The van der Waals surface area contributed by atoms with Gasteiger partial charge in [0.2, 0.25) is 47.3 Å². The quantitative estimate of drug-likeness (QED) is 0.123. The van der Waals surface area contributed by atoms with Crippen molar-refractivity contribution in [1.29, 1.82) is 0 Å². The predicted octanol–water partition coefficient (Wildman–Crippen LogP) is 1.62. The molecule has 2 aliphatic carbocycles. The molecule has 8 N–H and O–H groups in total. The highest BCUT2D eigenvalue weighted by molar-refractivity contribution is 8.77. The molecule has 5 heterocycles. The van der Waals surface area contributed by atoms with E-state index in [0.717, 1.165) is 29.1 Å². The fourth-order valence-electron chi connectivity index (χ4n) is 8.03. The molecule has 396 valence electrons. The van der Waals surface area contributed by atoms with E-state index >= 15 is 0 Å². The molecule has 74 heavy (non-hydrogen) atoms. The standard InChI is InChI=1S/C25H31N5O5S2.C25H30N4O6S2/c1-16-14-27-24(34)25(7-8-25)30-23(33)20-15-37-36-11-3-2-4-18(35-16)13-21(31)28-19(22(32)29-20)12-17-5-9-26-10-6-17;30-20-13-17-8-4-5-11-36-37-15-19(28-22(32)18(27-20)12-16-6-2-1-3-7-16)23(33)29-25(9-10-25)24(34)26-14-21(31)35-17/h2,4-6,9-10,18-20H,1,3,7-8,11-15H2,(H,27,34)(H,28,31)(H,29,32)(H,30,33);1-4,6-8,17-19H,5,9-15H2,(H,26,34)(H,27,30)(H,28,32)(H,29,33)/b4-2+;8-4+/t18-,19-,20-;17-,18-,19-/m11/s1.